The third-order valence-electron chi connectivity index (χ3n) is 4.70. The fourth-order valence-corrected chi connectivity index (χ4v) is 3.24. The Labute approximate surface area is 162 Å². The van der Waals surface area contributed by atoms with Crippen molar-refractivity contribution in [2.24, 2.45) is 0 Å². The zero-order valence-electron chi connectivity index (χ0n) is 15.7. The standard InChI is InChI=1S/C20H21N3O5/c1-3-28-18-7-5-4-6-17(18)22-13-12-21(14(2)19(22)24)20(25)15-8-10-16(11-9-15)23(26)27/h4-11,14H,3,12-13H2,1-2H3. The molecular formula is C20H21N3O5. The van der Waals surface area contributed by atoms with E-state index in [2.05, 4.69) is 0 Å². The number of hydrogen-bond acceptors (Lipinski definition) is 5. The first kappa shape index (κ1) is 19.3. The first-order chi connectivity index (χ1) is 13.4. The Morgan fingerprint density at radius 3 is 2.50 bits per heavy atom. The summed E-state index contributed by atoms with van der Waals surface area (Å²) in [7, 11) is 0. The van der Waals surface area contributed by atoms with Crippen molar-refractivity contribution in [3.63, 3.8) is 0 Å². The quantitative estimate of drug-likeness (QED) is 0.585. The SMILES string of the molecule is CCOc1ccccc1N1CCN(C(=O)c2ccc([N+](=O)[O-])cc2)C(C)C1=O. The van der Waals surface area contributed by atoms with E-state index in [0.717, 1.165) is 0 Å². The van der Waals surface area contributed by atoms with Crippen LogP contribution in [-0.4, -0.2) is 47.4 Å². The molecule has 0 bridgehead atoms. The summed E-state index contributed by atoms with van der Waals surface area (Å²) in [4.78, 5) is 39.1. The Bertz CT molecular complexity index is 897. The van der Waals surface area contributed by atoms with Crippen molar-refractivity contribution >= 4 is 23.2 Å². The largest absolute Gasteiger partial charge is 0.492 e. The molecule has 0 spiro atoms. The van der Waals surface area contributed by atoms with Gasteiger partial charge in [0.1, 0.15) is 11.8 Å². The second-order valence-corrected chi connectivity index (χ2v) is 6.37. The van der Waals surface area contributed by atoms with E-state index >= 15 is 0 Å². The van der Waals surface area contributed by atoms with E-state index in [9.17, 15) is 19.7 Å². The summed E-state index contributed by atoms with van der Waals surface area (Å²) in [5, 5.41) is 10.8. The second kappa shape index (κ2) is 8.08. The summed E-state index contributed by atoms with van der Waals surface area (Å²) in [6.45, 7) is 4.73. The molecule has 2 aromatic rings. The molecule has 1 fully saturated rings. The molecule has 146 valence electrons. The number of para-hydroxylation sites is 2. The lowest BCUT2D eigenvalue weighted by molar-refractivity contribution is -0.384. The summed E-state index contributed by atoms with van der Waals surface area (Å²) in [5.74, 6) is 0.0999. The van der Waals surface area contributed by atoms with Crippen LogP contribution in [0.1, 0.15) is 24.2 Å². The average molecular weight is 383 g/mol. The van der Waals surface area contributed by atoms with E-state index in [1.165, 1.54) is 29.2 Å². The molecule has 1 unspecified atom stereocenters. The van der Waals surface area contributed by atoms with E-state index in [1.807, 2.05) is 31.2 Å². The maximum Gasteiger partial charge on any atom is 0.269 e. The Balaban J connectivity index is 1.79. The molecule has 0 aromatic heterocycles. The Hall–Kier alpha value is -3.42. The molecule has 2 amide bonds. The summed E-state index contributed by atoms with van der Waals surface area (Å²) >= 11 is 0. The maximum atomic E-state index is 13.0. The molecule has 1 atom stereocenters. The van der Waals surface area contributed by atoms with E-state index in [4.69, 9.17) is 4.74 Å². The first-order valence-electron chi connectivity index (χ1n) is 9.02. The fourth-order valence-electron chi connectivity index (χ4n) is 3.24. The highest BCUT2D eigenvalue weighted by molar-refractivity contribution is 6.04. The van der Waals surface area contributed by atoms with Gasteiger partial charge in [0.25, 0.3) is 11.6 Å². The van der Waals surface area contributed by atoms with Crippen molar-refractivity contribution in [1.82, 2.24) is 4.90 Å². The number of nitrogens with zero attached hydrogens (tertiary/aromatic N) is 3. The van der Waals surface area contributed by atoms with Gasteiger partial charge in [0, 0.05) is 30.8 Å². The highest BCUT2D eigenvalue weighted by atomic mass is 16.6. The molecule has 0 N–H and O–H groups in total. The second-order valence-electron chi connectivity index (χ2n) is 6.37. The lowest BCUT2D eigenvalue weighted by atomic mass is 10.1. The minimum Gasteiger partial charge on any atom is -0.492 e. The summed E-state index contributed by atoms with van der Waals surface area (Å²) in [6.07, 6.45) is 0. The van der Waals surface area contributed by atoms with Crippen molar-refractivity contribution in [2.45, 2.75) is 19.9 Å². The predicted molar refractivity (Wildman–Crippen MR) is 104 cm³/mol. The number of carbonyl (C=O) groups excluding carboxylic acids is 2. The van der Waals surface area contributed by atoms with Crippen LogP contribution in [0.4, 0.5) is 11.4 Å². The Morgan fingerprint density at radius 2 is 1.86 bits per heavy atom. The Kier molecular flexibility index (Phi) is 5.58. The number of piperazine rings is 1. The molecule has 0 aliphatic carbocycles. The molecule has 0 radical (unpaired) electrons. The van der Waals surface area contributed by atoms with Crippen LogP contribution in [-0.2, 0) is 4.79 Å². The average Bonchev–Trinajstić information content (AvgIpc) is 2.70. The number of nitro benzene ring substituents is 1. The van der Waals surface area contributed by atoms with Crippen molar-refractivity contribution < 1.29 is 19.2 Å². The number of benzene rings is 2. The molecule has 1 heterocycles. The first-order valence-corrected chi connectivity index (χ1v) is 9.02. The fraction of sp³-hybridized carbons (Fsp3) is 0.300. The monoisotopic (exact) mass is 383 g/mol. The van der Waals surface area contributed by atoms with E-state index in [1.54, 1.807) is 11.8 Å². The molecule has 1 saturated heterocycles. The lowest BCUT2D eigenvalue weighted by Crippen LogP contribution is -2.57. The number of non-ortho nitro benzene ring substituents is 1. The smallest absolute Gasteiger partial charge is 0.269 e. The van der Waals surface area contributed by atoms with Gasteiger partial charge in [-0.05, 0) is 38.1 Å². The van der Waals surface area contributed by atoms with Crippen LogP contribution in [0.25, 0.3) is 0 Å². The van der Waals surface area contributed by atoms with Crippen LogP contribution in [0.15, 0.2) is 48.5 Å². The van der Waals surface area contributed by atoms with E-state index in [-0.39, 0.29) is 17.5 Å². The lowest BCUT2D eigenvalue weighted by Gasteiger charge is -2.39. The molecule has 2 aromatic carbocycles. The van der Waals surface area contributed by atoms with Gasteiger partial charge in [-0.3, -0.25) is 19.7 Å². The molecular weight excluding hydrogens is 362 g/mol. The molecule has 8 nitrogen and oxygen atoms in total. The number of nitro groups is 1. The highest BCUT2D eigenvalue weighted by Gasteiger charge is 2.36. The third-order valence-corrected chi connectivity index (χ3v) is 4.70. The number of hydrogen-bond donors (Lipinski definition) is 0. The van der Waals surface area contributed by atoms with E-state index in [0.29, 0.717) is 36.7 Å². The number of amides is 2. The van der Waals surface area contributed by atoms with Gasteiger partial charge in [-0.1, -0.05) is 12.1 Å². The van der Waals surface area contributed by atoms with Gasteiger partial charge < -0.3 is 14.5 Å². The number of rotatable bonds is 5. The number of ether oxygens (including phenoxy) is 1. The molecule has 28 heavy (non-hydrogen) atoms. The van der Waals surface area contributed by atoms with E-state index < -0.39 is 11.0 Å². The van der Waals surface area contributed by atoms with Crippen molar-refractivity contribution in [3.8, 4) is 5.75 Å². The normalized spacial score (nSPS) is 16.8. The van der Waals surface area contributed by atoms with Crippen molar-refractivity contribution in [1.29, 1.82) is 0 Å². The molecule has 3 rings (SSSR count). The Morgan fingerprint density at radius 1 is 1.18 bits per heavy atom. The van der Waals surface area contributed by atoms with Crippen LogP contribution in [0, 0.1) is 10.1 Å². The molecule has 1 aliphatic heterocycles. The van der Waals surface area contributed by atoms with Crippen LogP contribution in [0.5, 0.6) is 5.75 Å². The van der Waals surface area contributed by atoms with Gasteiger partial charge in [0.2, 0.25) is 5.91 Å². The summed E-state index contributed by atoms with van der Waals surface area (Å²) in [5.41, 5.74) is 0.912. The molecule has 8 heteroatoms. The third kappa shape index (κ3) is 3.66. The maximum absolute atomic E-state index is 13.0. The number of carbonyl (C=O) groups is 2. The highest BCUT2D eigenvalue weighted by Crippen LogP contribution is 2.31. The molecule has 0 saturated carbocycles. The van der Waals surface area contributed by atoms with Gasteiger partial charge in [0.15, 0.2) is 0 Å². The van der Waals surface area contributed by atoms with Gasteiger partial charge in [-0.25, -0.2) is 0 Å². The zero-order valence-corrected chi connectivity index (χ0v) is 15.7. The van der Waals surface area contributed by atoms with Gasteiger partial charge in [0.05, 0.1) is 17.2 Å². The van der Waals surface area contributed by atoms with Crippen LogP contribution < -0.4 is 9.64 Å². The minimum atomic E-state index is -0.661. The van der Waals surface area contributed by atoms with Crippen molar-refractivity contribution in [2.75, 3.05) is 24.6 Å². The number of anilines is 1. The van der Waals surface area contributed by atoms with Gasteiger partial charge in [-0.2, -0.15) is 0 Å². The zero-order chi connectivity index (χ0) is 20.3. The minimum absolute atomic E-state index is 0.0852. The molecule has 1 aliphatic rings. The predicted octanol–water partition coefficient (Wildman–Crippen LogP) is 2.87. The topological polar surface area (TPSA) is 93.0 Å². The van der Waals surface area contributed by atoms with Crippen molar-refractivity contribution in [3.05, 3.63) is 64.2 Å². The summed E-state index contributed by atoms with van der Waals surface area (Å²) in [6, 6.07) is 12.0. The summed E-state index contributed by atoms with van der Waals surface area (Å²) < 4.78 is 5.62. The van der Waals surface area contributed by atoms with Gasteiger partial charge in [-0.15, -0.1) is 0 Å². The van der Waals surface area contributed by atoms with Crippen LogP contribution in [0.3, 0.4) is 0 Å². The van der Waals surface area contributed by atoms with Gasteiger partial charge >= 0.3 is 0 Å². The van der Waals surface area contributed by atoms with Crippen LogP contribution in [0.2, 0.25) is 0 Å². The van der Waals surface area contributed by atoms with Crippen LogP contribution >= 0.6 is 0 Å².